The minimum atomic E-state index is 0.238. The summed E-state index contributed by atoms with van der Waals surface area (Å²) in [7, 11) is 2.11. The Bertz CT molecular complexity index is 255. The molecule has 2 aliphatic rings. The molecule has 0 spiro atoms. The molecule has 0 unspecified atom stereocenters. The predicted molar refractivity (Wildman–Crippen MR) is 64.3 cm³/mol. The highest BCUT2D eigenvalue weighted by molar-refractivity contribution is 5.78. The van der Waals surface area contributed by atoms with Crippen molar-refractivity contribution in [3.63, 3.8) is 0 Å². The van der Waals surface area contributed by atoms with Gasteiger partial charge in [-0.05, 0) is 33.2 Å². The summed E-state index contributed by atoms with van der Waals surface area (Å²) >= 11 is 0. The smallest absolute Gasteiger partial charge is 0.236 e. The van der Waals surface area contributed by atoms with E-state index in [0.717, 1.165) is 26.2 Å². The summed E-state index contributed by atoms with van der Waals surface area (Å²) in [6.07, 6.45) is 3.72. The third kappa shape index (κ3) is 2.74. The maximum absolute atomic E-state index is 11.9. The fourth-order valence-corrected chi connectivity index (χ4v) is 2.34. The third-order valence-corrected chi connectivity index (χ3v) is 3.98. The SMILES string of the molecule is CN1CCN(C(=O)CNC2(C)CCC2)CC1. The Morgan fingerprint density at radius 3 is 2.38 bits per heavy atom. The summed E-state index contributed by atoms with van der Waals surface area (Å²) in [5.74, 6) is 0.265. The Hall–Kier alpha value is -0.610. The number of nitrogens with zero attached hydrogens (tertiary/aromatic N) is 2. The van der Waals surface area contributed by atoms with E-state index in [-0.39, 0.29) is 11.4 Å². The molecule has 0 aromatic heterocycles. The van der Waals surface area contributed by atoms with Crippen LogP contribution >= 0.6 is 0 Å². The zero-order chi connectivity index (χ0) is 11.6. The van der Waals surface area contributed by atoms with Gasteiger partial charge in [0.1, 0.15) is 0 Å². The lowest BCUT2D eigenvalue weighted by atomic mass is 9.78. The molecule has 1 saturated heterocycles. The van der Waals surface area contributed by atoms with Gasteiger partial charge in [-0.2, -0.15) is 0 Å². The van der Waals surface area contributed by atoms with E-state index in [4.69, 9.17) is 0 Å². The standard InChI is InChI=1S/C12H23N3O/c1-12(4-3-5-12)13-10-11(16)15-8-6-14(2)7-9-15/h13H,3-10H2,1-2H3. The summed E-state index contributed by atoms with van der Waals surface area (Å²) in [5.41, 5.74) is 0.238. The average Bonchev–Trinajstić information content (AvgIpc) is 2.24. The average molecular weight is 225 g/mol. The molecule has 0 atom stereocenters. The largest absolute Gasteiger partial charge is 0.339 e. The van der Waals surface area contributed by atoms with Crippen LogP contribution in [0.2, 0.25) is 0 Å². The fraction of sp³-hybridized carbons (Fsp3) is 0.917. The molecule has 0 bridgehead atoms. The van der Waals surface area contributed by atoms with Crippen molar-refractivity contribution in [3.8, 4) is 0 Å². The van der Waals surface area contributed by atoms with Gasteiger partial charge in [0.05, 0.1) is 6.54 Å². The summed E-state index contributed by atoms with van der Waals surface area (Å²) in [6.45, 7) is 6.50. The Labute approximate surface area is 98.0 Å². The minimum absolute atomic E-state index is 0.238. The lowest BCUT2D eigenvalue weighted by Crippen LogP contribution is -2.54. The van der Waals surface area contributed by atoms with Gasteiger partial charge in [0.2, 0.25) is 5.91 Å². The molecular formula is C12H23N3O. The van der Waals surface area contributed by atoms with Gasteiger partial charge in [-0.3, -0.25) is 4.79 Å². The molecule has 16 heavy (non-hydrogen) atoms. The molecule has 1 heterocycles. The van der Waals surface area contributed by atoms with Crippen LogP contribution in [0.3, 0.4) is 0 Å². The van der Waals surface area contributed by atoms with Crippen LogP contribution in [-0.2, 0) is 4.79 Å². The van der Waals surface area contributed by atoms with E-state index in [1.165, 1.54) is 19.3 Å². The molecule has 1 aliphatic heterocycles. The first-order chi connectivity index (χ1) is 7.59. The van der Waals surface area contributed by atoms with Gasteiger partial charge in [-0.25, -0.2) is 0 Å². The molecule has 4 heteroatoms. The van der Waals surface area contributed by atoms with Crippen LogP contribution in [0, 0.1) is 0 Å². The van der Waals surface area contributed by atoms with E-state index in [1.807, 2.05) is 4.90 Å². The van der Waals surface area contributed by atoms with Gasteiger partial charge in [0, 0.05) is 31.7 Å². The number of amides is 1. The number of rotatable bonds is 3. The lowest BCUT2D eigenvalue weighted by Gasteiger charge is -2.40. The highest BCUT2D eigenvalue weighted by atomic mass is 16.2. The molecule has 2 fully saturated rings. The number of hydrogen-bond donors (Lipinski definition) is 1. The summed E-state index contributed by atoms with van der Waals surface area (Å²) in [6, 6.07) is 0. The number of nitrogens with one attached hydrogen (secondary N) is 1. The predicted octanol–water partition coefficient (Wildman–Crippen LogP) is 0.293. The van der Waals surface area contributed by atoms with Crippen molar-refractivity contribution in [1.29, 1.82) is 0 Å². The van der Waals surface area contributed by atoms with Crippen molar-refractivity contribution in [2.24, 2.45) is 0 Å². The van der Waals surface area contributed by atoms with Gasteiger partial charge in [0.15, 0.2) is 0 Å². The lowest BCUT2D eigenvalue weighted by molar-refractivity contribution is -0.132. The van der Waals surface area contributed by atoms with Crippen LogP contribution in [0.1, 0.15) is 26.2 Å². The number of likely N-dealkylation sites (N-methyl/N-ethyl adjacent to an activating group) is 1. The minimum Gasteiger partial charge on any atom is -0.339 e. The molecule has 4 nitrogen and oxygen atoms in total. The van der Waals surface area contributed by atoms with E-state index in [9.17, 15) is 4.79 Å². The Kier molecular flexibility index (Phi) is 3.50. The molecule has 2 rings (SSSR count). The highest BCUT2D eigenvalue weighted by Gasteiger charge is 2.32. The summed E-state index contributed by atoms with van der Waals surface area (Å²) in [5, 5.41) is 3.40. The molecule has 1 N–H and O–H groups in total. The first kappa shape index (κ1) is 11.9. The van der Waals surface area contributed by atoms with Crippen LogP contribution in [0.15, 0.2) is 0 Å². The Balaban J connectivity index is 1.71. The molecule has 1 saturated carbocycles. The molecule has 0 aromatic carbocycles. The molecule has 92 valence electrons. The van der Waals surface area contributed by atoms with Crippen molar-refractivity contribution in [3.05, 3.63) is 0 Å². The monoisotopic (exact) mass is 225 g/mol. The van der Waals surface area contributed by atoms with Crippen molar-refractivity contribution in [2.75, 3.05) is 39.8 Å². The van der Waals surface area contributed by atoms with Crippen LogP contribution in [0.4, 0.5) is 0 Å². The van der Waals surface area contributed by atoms with Gasteiger partial charge < -0.3 is 15.1 Å². The van der Waals surface area contributed by atoms with E-state index in [1.54, 1.807) is 0 Å². The van der Waals surface area contributed by atoms with Gasteiger partial charge in [-0.1, -0.05) is 0 Å². The van der Waals surface area contributed by atoms with Crippen LogP contribution in [-0.4, -0.2) is 61.0 Å². The Morgan fingerprint density at radius 2 is 1.88 bits per heavy atom. The zero-order valence-corrected chi connectivity index (χ0v) is 10.5. The quantitative estimate of drug-likeness (QED) is 0.750. The molecule has 1 aliphatic carbocycles. The summed E-state index contributed by atoms with van der Waals surface area (Å²) in [4.78, 5) is 16.2. The van der Waals surface area contributed by atoms with E-state index < -0.39 is 0 Å². The fourth-order valence-electron chi connectivity index (χ4n) is 2.34. The second-order valence-corrected chi connectivity index (χ2v) is 5.45. The Morgan fingerprint density at radius 1 is 1.25 bits per heavy atom. The van der Waals surface area contributed by atoms with Gasteiger partial charge in [-0.15, -0.1) is 0 Å². The first-order valence-corrected chi connectivity index (χ1v) is 6.30. The van der Waals surface area contributed by atoms with Gasteiger partial charge >= 0.3 is 0 Å². The highest BCUT2D eigenvalue weighted by Crippen LogP contribution is 2.30. The second-order valence-electron chi connectivity index (χ2n) is 5.45. The normalized spacial score (nSPS) is 25.2. The molecule has 0 aromatic rings. The maximum atomic E-state index is 11.9. The maximum Gasteiger partial charge on any atom is 0.236 e. The van der Waals surface area contributed by atoms with Crippen molar-refractivity contribution >= 4 is 5.91 Å². The van der Waals surface area contributed by atoms with Crippen molar-refractivity contribution in [2.45, 2.75) is 31.7 Å². The summed E-state index contributed by atoms with van der Waals surface area (Å²) < 4.78 is 0. The molecule has 1 amide bonds. The van der Waals surface area contributed by atoms with Crippen molar-refractivity contribution in [1.82, 2.24) is 15.1 Å². The number of piperazine rings is 1. The van der Waals surface area contributed by atoms with E-state index in [0.29, 0.717) is 6.54 Å². The van der Waals surface area contributed by atoms with Crippen LogP contribution in [0.25, 0.3) is 0 Å². The first-order valence-electron chi connectivity index (χ1n) is 6.30. The van der Waals surface area contributed by atoms with Gasteiger partial charge in [0.25, 0.3) is 0 Å². The molecular weight excluding hydrogens is 202 g/mol. The number of hydrogen-bond acceptors (Lipinski definition) is 3. The topological polar surface area (TPSA) is 35.6 Å². The van der Waals surface area contributed by atoms with E-state index in [2.05, 4.69) is 24.2 Å². The third-order valence-electron chi connectivity index (χ3n) is 3.98. The second kappa shape index (κ2) is 4.72. The molecule has 0 radical (unpaired) electrons. The van der Waals surface area contributed by atoms with Crippen molar-refractivity contribution < 1.29 is 4.79 Å². The number of carbonyl (C=O) groups is 1. The van der Waals surface area contributed by atoms with E-state index >= 15 is 0 Å². The number of carbonyl (C=O) groups excluding carboxylic acids is 1. The zero-order valence-electron chi connectivity index (χ0n) is 10.5. The van der Waals surface area contributed by atoms with Crippen LogP contribution in [0.5, 0.6) is 0 Å². The van der Waals surface area contributed by atoms with Crippen LogP contribution < -0.4 is 5.32 Å².